The number of nitrogens with zero attached hydrogens (tertiary/aromatic N) is 2. The van der Waals surface area contributed by atoms with E-state index >= 15 is 0 Å². The molecule has 3 aromatic rings. The Morgan fingerprint density at radius 1 is 1.04 bits per heavy atom. The van der Waals surface area contributed by atoms with Gasteiger partial charge in [0.15, 0.2) is 0 Å². The first-order chi connectivity index (χ1) is 12.2. The number of thioether (sulfide) groups is 1. The first kappa shape index (κ1) is 16.3. The van der Waals surface area contributed by atoms with Crippen molar-refractivity contribution in [2.45, 2.75) is 30.3 Å². The van der Waals surface area contributed by atoms with Gasteiger partial charge in [0.2, 0.25) is 11.7 Å². The van der Waals surface area contributed by atoms with Gasteiger partial charge in [0.25, 0.3) is 0 Å². The second-order valence-corrected chi connectivity index (χ2v) is 7.05. The van der Waals surface area contributed by atoms with Crippen molar-refractivity contribution < 1.29 is 4.52 Å². The number of aryl methyl sites for hydroxylation is 1. The summed E-state index contributed by atoms with van der Waals surface area (Å²) in [5.41, 5.74) is 10.2. The quantitative estimate of drug-likeness (QED) is 0.691. The van der Waals surface area contributed by atoms with Crippen LogP contribution < -0.4 is 10.9 Å². The highest BCUT2D eigenvalue weighted by molar-refractivity contribution is 7.98. The van der Waals surface area contributed by atoms with E-state index < -0.39 is 0 Å². The topological polar surface area (TPSA) is 63.0 Å². The maximum absolute atomic E-state index is 5.51. The lowest BCUT2D eigenvalue weighted by Gasteiger charge is -2.12. The highest BCUT2D eigenvalue weighted by Gasteiger charge is 2.30. The Bertz CT molecular complexity index is 862. The molecule has 128 valence electrons. The van der Waals surface area contributed by atoms with Crippen LogP contribution in [0.1, 0.15) is 35.5 Å². The number of benzene rings is 2. The molecule has 0 bridgehead atoms. The summed E-state index contributed by atoms with van der Waals surface area (Å²) in [4.78, 5) is 5.80. The van der Waals surface area contributed by atoms with Crippen LogP contribution in [0, 0.1) is 6.92 Å². The number of hydrazine groups is 1. The number of hydrogen-bond acceptors (Lipinski definition) is 6. The number of aromatic nitrogens is 2. The van der Waals surface area contributed by atoms with E-state index in [9.17, 15) is 0 Å². The van der Waals surface area contributed by atoms with Crippen LogP contribution in [0.3, 0.4) is 0 Å². The fourth-order valence-corrected chi connectivity index (χ4v) is 3.54. The smallest absolute Gasteiger partial charge is 0.245 e. The molecule has 2 unspecified atom stereocenters. The minimum atomic E-state index is 0.0105. The van der Waals surface area contributed by atoms with Crippen LogP contribution in [-0.2, 0) is 0 Å². The van der Waals surface area contributed by atoms with Gasteiger partial charge in [-0.25, -0.2) is 10.9 Å². The standard InChI is InChI=1S/C19H20N4OS/c1-12-5-3-4-6-15(12)16-11-17(22-21-16)19-20-18(23-24-19)13-7-9-14(25-2)10-8-13/h3-10,16-17,21-22H,11H2,1-2H3. The van der Waals surface area contributed by atoms with E-state index in [-0.39, 0.29) is 12.1 Å². The van der Waals surface area contributed by atoms with Crippen LogP contribution in [0.15, 0.2) is 57.9 Å². The Morgan fingerprint density at radius 2 is 1.80 bits per heavy atom. The Kier molecular flexibility index (Phi) is 4.57. The molecule has 0 aliphatic carbocycles. The number of hydrogen-bond donors (Lipinski definition) is 2. The molecule has 0 amide bonds. The van der Waals surface area contributed by atoms with Gasteiger partial charge in [-0.3, -0.25) is 0 Å². The van der Waals surface area contributed by atoms with Crippen LogP contribution in [0.25, 0.3) is 11.4 Å². The van der Waals surface area contributed by atoms with Crippen molar-refractivity contribution in [1.29, 1.82) is 0 Å². The van der Waals surface area contributed by atoms with Gasteiger partial charge in [-0.15, -0.1) is 11.8 Å². The third-order valence-electron chi connectivity index (χ3n) is 4.56. The zero-order valence-electron chi connectivity index (χ0n) is 14.2. The van der Waals surface area contributed by atoms with Gasteiger partial charge < -0.3 is 4.52 Å². The number of nitrogens with one attached hydrogen (secondary N) is 2. The molecule has 6 heteroatoms. The molecule has 1 aliphatic rings. The Morgan fingerprint density at radius 3 is 2.56 bits per heavy atom. The van der Waals surface area contributed by atoms with Gasteiger partial charge in [-0.1, -0.05) is 29.4 Å². The molecule has 2 aromatic carbocycles. The fourth-order valence-electron chi connectivity index (χ4n) is 3.13. The van der Waals surface area contributed by atoms with Crippen molar-refractivity contribution in [1.82, 2.24) is 21.0 Å². The van der Waals surface area contributed by atoms with Crippen molar-refractivity contribution in [3.63, 3.8) is 0 Å². The molecule has 2 atom stereocenters. The van der Waals surface area contributed by atoms with E-state index in [4.69, 9.17) is 4.52 Å². The SMILES string of the molecule is CSc1ccc(-c2noc(C3CC(c4ccccc4C)NN3)n2)cc1. The summed E-state index contributed by atoms with van der Waals surface area (Å²) in [7, 11) is 0. The third kappa shape index (κ3) is 3.33. The molecule has 5 nitrogen and oxygen atoms in total. The maximum atomic E-state index is 5.51. The molecule has 1 aliphatic heterocycles. The summed E-state index contributed by atoms with van der Waals surface area (Å²) in [5, 5.41) is 4.14. The zero-order valence-corrected chi connectivity index (χ0v) is 15.0. The lowest BCUT2D eigenvalue weighted by Crippen LogP contribution is -2.27. The van der Waals surface area contributed by atoms with E-state index in [2.05, 4.69) is 70.6 Å². The predicted molar refractivity (Wildman–Crippen MR) is 99.1 cm³/mol. The highest BCUT2D eigenvalue weighted by atomic mass is 32.2. The van der Waals surface area contributed by atoms with E-state index in [1.54, 1.807) is 11.8 Å². The van der Waals surface area contributed by atoms with Crippen LogP contribution in [0.4, 0.5) is 0 Å². The first-order valence-electron chi connectivity index (χ1n) is 8.29. The van der Waals surface area contributed by atoms with E-state index in [0.29, 0.717) is 11.7 Å². The van der Waals surface area contributed by atoms with E-state index in [1.807, 2.05) is 12.1 Å². The second-order valence-electron chi connectivity index (χ2n) is 6.17. The molecule has 0 saturated carbocycles. The lowest BCUT2D eigenvalue weighted by atomic mass is 9.98. The van der Waals surface area contributed by atoms with Crippen LogP contribution in [0.5, 0.6) is 0 Å². The maximum Gasteiger partial charge on any atom is 0.245 e. The van der Waals surface area contributed by atoms with Gasteiger partial charge >= 0.3 is 0 Å². The summed E-state index contributed by atoms with van der Waals surface area (Å²) < 4.78 is 5.51. The molecule has 4 rings (SSSR count). The molecule has 2 heterocycles. The Labute approximate surface area is 151 Å². The predicted octanol–water partition coefficient (Wildman–Crippen LogP) is 4.05. The summed E-state index contributed by atoms with van der Waals surface area (Å²) in [6.07, 6.45) is 2.93. The number of rotatable bonds is 4. The molecular weight excluding hydrogens is 332 g/mol. The van der Waals surface area contributed by atoms with Crippen molar-refractivity contribution in [2.24, 2.45) is 0 Å². The van der Waals surface area contributed by atoms with Crippen molar-refractivity contribution >= 4 is 11.8 Å². The Balaban J connectivity index is 1.50. The molecule has 2 N–H and O–H groups in total. The van der Waals surface area contributed by atoms with E-state index in [0.717, 1.165) is 12.0 Å². The van der Waals surface area contributed by atoms with Crippen molar-refractivity contribution in [3.8, 4) is 11.4 Å². The van der Waals surface area contributed by atoms with Crippen molar-refractivity contribution in [2.75, 3.05) is 6.26 Å². The molecule has 0 spiro atoms. The second kappa shape index (κ2) is 7.00. The third-order valence-corrected chi connectivity index (χ3v) is 5.30. The zero-order chi connectivity index (χ0) is 17.2. The summed E-state index contributed by atoms with van der Waals surface area (Å²) in [5.74, 6) is 1.25. The lowest BCUT2D eigenvalue weighted by molar-refractivity contribution is 0.340. The Hall–Kier alpha value is -2.15. The molecule has 0 radical (unpaired) electrons. The van der Waals surface area contributed by atoms with Crippen LogP contribution in [-0.4, -0.2) is 16.4 Å². The summed E-state index contributed by atoms with van der Waals surface area (Å²) in [6.45, 7) is 2.13. The van der Waals surface area contributed by atoms with Crippen molar-refractivity contribution in [3.05, 3.63) is 65.5 Å². The van der Waals surface area contributed by atoms with Gasteiger partial charge in [0, 0.05) is 16.5 Å². The van der Waals surface area contributed by atoms with E-state index in [1.165, 1.54) is 16.0 Å². The largest absolute Gasteiger partial charge is 0.337 e. The monoisotopic (exact) mass is 352 g/mol. The van der Waals surface area contributed by atoms with Crippen LogP contribution in [0.2, 0.25) is 0 Å². The first-order valence-corrected chi connectivity index (χ1v) is 9.51. The minimum Gasteiger partial charge on any atom is -0.337 e. The molecule has 1 aromatic heterocycles. The average molecular weight is 352 g/mol. The minimum absolute atomic E-state index is 0.0105. The van der Waals surface area contributed by atoms with Crippen LogP contribution >= 0.6 is 11.8 Å². The normalized spacial score (nSPS) is 20.1. The summed E-state index contributed by atoms with van der Waals surface area (Å²) >= 11 is 1.72. The van der Waals surface area contributed by atoms with Gasteiger partial charge in [-0.2, -0.15) is 4.98 Å². The molecule has 1 saturated heterocycles. The van der Waals surface area contributed by atoms with Gasteiger partial charge in [-0.05, 0) is 55.0 Å². The average Bonchev–Trinajstić information content (AvgIpc) is 3.32. The molecule has 25 heavy (non-hydrogen) atoms. The summed E-state index contributed by atoms with van der Waals surface area (Å²) in [6, 6.07) is 16.9. The highest BCUT2D eigenvalue weighted by Crippen LogP contribution is 2.32. The molecule has 1 fully saturated rings. The van der Waals surface area contributed by atoms with Gasteiger partial charge in [0.05, 0.1) is 0 Å². The van der Waals surface area contributed by atoms with Gasteiger partial charge in [0.1, 0.15) is 6.04 Å². The fraction of sp³-hybridized carbons (Fsp3) is 0.263. The molecular formula is C19H20N4OS.